The van der Waals surface area contributed by atoms with Crippen LogP contribution in [0.25, 0.3) is 0 Å². The normalized spacial score (nSPS) is 22.3. The fourth-order valence-electron chi connectivity index (χ4n) is 4.47. The number of likely N-dealkylation sites (tertiary alicyclic amines) is 1. The van der Waals surface area contributed by atoms with Crippen molar-refractivity contribution < 1.29 is 14.4 Å². The fourth-order valence-corrected chi connectivity index (χ4v) is 4.47. The first kappa shape index (κ1) is 22.1. The van der Waals surface area contributed by atoms with E-state index in [4.69, 9.17) is 0 Å². The van der Waals surface area contributed by atoms with E-state index in [1.807, 2.05) is 31.2 Å². The lowest BCUT2D eigenvalue weighted by atomic mass is 9.88. The molecule has 3 rings (SSSR count). The zero-order valence-electron chi connectivity index (χ0n) is 18.3. The van der Waals surface area contributed by atoms with Gasteiger partial charge in [0.15, 0.2) is 0 Å². The third-order valence-electron chi connectivity index (χ3n) is 6.32. The van der Waals surface area contributed by atoms with Gasteiger partial charge in [-0.05, 0) is 44.2 Å². The molecule has 1 aliphatic heterocycles. The van der Waals surface area contributed by atoms with E-state index in [0.29, 0.717) is 31.5 Å². The molecule has 1 saturated heterocycles. The van der Waals surface area contributed by atoms with Crippen LogP contribution in [0.3, 0.4) is 0 Å². The molecule has 7 nitrogen and oxygen atoms in total. The van der Waals surface area contributed by atoms with E-state index in [0.717, 1.165) is 31.2 Å². The van der Waals surface area contributed by atoms with Gasteiger partial charge in [0.25, 0.3) is 5.91 Å². The average Bonchev–Trinajstić information content (AvgIpc) is 2.74. The maximum absolute atomic E-state index is 12.9. The SMILES string of the molecule is Cc1ccccc1C(=O)N[C@@H]1CCCC[C@H]1NC(=O)C1CCN(C(=O)N(C)C)CC1. The molecule has 1 aromatic rings. The molecular formula is C23H34N4O3. The molecule has 1 aromatic carbocycles. The second kappa shape index (κ2) is 9.96. The summed E-state index contributed by atoms with van der Waals surface area (Å²) in [4.78, 5) is 41.1. The van der Waals surface area contributed by atoms with Crippen molar-refractivity contribution in [3.05, 3.63) is 35.4 Å². The minimum atomic E-state index is -0.0779. The number of nitrogens with one attached hydrogen (secondary N) is 2. The third kappa shape index (κ3) is 5.32. The molecule has 7 heteroatoms. The van der Waals surface area contributed by atoms with Crippen molar-refractivity contribution in [2.45, 2.75) is 57.5 Å². The smallest absolute Gasteiger partial charge is 0.319 e. The highest BCUT2D eigenvalue weighted by Gasteiger charge is 2.32. The van der Waals surface area contributed by atoms with Crippen molar-refractivity contribution in [2.75, 3.05) is 27.2 Å². The molecular weight excluding hydrogens is 380 g/mol. The highest BCUT2D eigenvalue weighted by atomic mass is 16.2. The predicted molar refractivity (Wildman–Crippen MR) is 116 cm³/mol. The number of hydrogen-bond donors (Lipinski definition) is 2. The van der Waals surface area contributed by atoms with Gasteiger partial charge in [0.2, 0.25) is 5.91 Å². The second-order valence-electron chi connectivity index (χ2n) is 8.73. The van der Waals surface area contributed by atoms with Gasteiger partial charge in [-0.1, -0.05) is 31.0 Å². The topological polar surface area (TPSA) is 81.8 Å². The van der Waals surface area contributed by atoms with E-state index in [1.165, 1.54) is 0 Å². The lowest BCUT2D eigenvalue weighted by Gasteiger charge is -2.36. The number of urea groups is 1. The summed E-state index contributed by atoms with van der Waals surface area (Å²) in [6.07, 6.45) is 5.21. The zero-order valence-corrected chi connectivity index (χ0v) is 18.3. The van der Waals surface area contributed by atoms with E-state index in [-0.39, 0.29) is 35.8 Å². The molecule has 0 bridgehead atoms. The first-order valence-corrected chi connectivity index (χ1v) is 11.0. The van der Waals surface area contributed by atoms with Crippen LogP contribution in [0.2, 0.25) is 0 Å². The van der Waals surface area contributed by atoms with Crippen molar-refractivity contribution in [3.8, 4) is 0 Å². The van der Waals surface area contributed by atoms with Gasteiger partial charge in [0.1, 0.15) is 0 Å². The van der Waals surface area contributed by atoms with Crippen LogP contribution in [0.4, 0.5) is 4.79 Å². The van der Waals surface area contributed by atoms with E-state index in [1.54, 1.807) is 23.9 Å². The number of rotatable bonds is 4. The molecule has 1 saturated carbocycles. The molecule has 2 N–H and O–H groups in total. The molecule has 164 valence electrons. The van der Waals surface area contributed by atoms with Crippen molar-refractivity contribution >= 4 is 17.8 Å². The Morgan fingerprint density at radius 3 is 2.13 bits per heavy atom. The monoisotopic (exact) mass is 414 g/mol. The van der Waals surface area contributed by atoms with E-state index < -0.39 is 0 Å². The van der Waals surface area contributed by atoms with Gasteiger partial charge < -0.3 is 20.4 Å². The van der Waals surface area contributed by atoms with Crippen LogP contribution in [-0.4, -0.2) is 66.9 Å². The van der Waals surface area contributed by atoms with Crippen LogP contribution in [-0.2, 0) is 4.79 Å². The Morgan fingerprint density at radius 2 is 1.53 bits per heavy atom. The molecule has 0 radical (unpaired) electrons. The van der Waals surface area contributed by atoms with Gasteiger partial charge in [-0.15, -0.1) is 0 Å². The molecule has 0 unspecified atom stereocenters. The number of carbonyl (C=O) groups excluding carboxylic acids is 3. The van der Waals surface area contributed by atoms with E-state index in [9.17, 15) is 14.4 Å². The van der Waals surface area contributed by atoms with Crippen LogP contribution in [0.5, 0.6) is 0 Å². The van der Waals surface area contributed by atoms with Crippen molar-refractivity contribution in [2.24, 2.45) is 5.92 Å². The third-order valence-corrected chi connectivity index (χ3v) is 6.32. The number of carbonyl (C=O) groups is 3. The number of benzene rings is 1. The standard InChI is InChI=1S/C23H34N4O3/c1-16-8-4-5-9-18(16)22(29)25-20-11-7-6-10-19(20)24-21(28)17-12-14-27(15-13-17)23(30)26(2)3/h4-5,8-9,17,19-20H,6-7,10-15H2,1-3H3,(H,24,28)(H,25,29)/t19-,20-/m1/s1. The van der Waals surface area contributed by atoms with Gasteiger partial charge in [-0.3, -0.25) is 9.59 Å². The molecule has 0 spiro atoms. The Labute approximate surface area is 179 Å². The summed E-state index contributed by atoms with van der Waals surface area (Å²) < 4.78 is 0. The zero-order chi connectivity index (χ0) is 21.7. The van der Waals surface area contributed by atoms with Crippen molar-refractivity contribution in [1.29, 1.82) is 0 Å². The average molecular weight is 415 g/mol. The van der Waals surface area contributed by atoms with Gasteiger partial charge in [-0.25, -0.2) is 4.79 Å². The quantitative estimate of drug-likeness (QED) is 0.794. The van der Waals surface area contributed by atoms with E-state index in [2.05, 4.69) is 10.6 Å². The molecule has 2 atom stereocenters. The largest absolute Gasteiger partial charge is 0.351 e. The summed E-state index contributed by atoms with van der Waals surface area (Å²) >= 11 is 0. The molecule has 1 aliphatic carbocycles. The Kier molecular flexibility index (Phi) is 7.34. The van der Waals surface area contributed by atoms with E-state index >= 15 is 0 Å². The molecule has 2 aliphatic rings. The number of piperidine rings is 1. The molecule has 4 amide bonds. The lowest BCUT2D eigenvalue weighted by molar-refractivity contribution is -0.127. The second-order valence-corrected chi connectivity index (χ2v) is 8.73. The molecule has 30 heavy (non-hydrogen) atoms. The minimum Gasteiger partial charge on any atom is -0.351 e. The summed E-state index contributed by atoms with van der Waals surface area (Å²) in [5, 5.41) is 6.37. The first-order chi connectivity index (χ1) is 14.4. The lowest BCUT2D eigenvalue weighted by Crippen LogP contribution is -2.55. The van der Waals surface area contributed by atoms with Crippen LogP contribution in [0.1, 0.15) is 54.4 Å². The Hall–Kier alpha value is -2.57. The Bertz CT molecular complexity index is 771. The fraction of sp³-hybridized carbons (Fsp3) is 0.609. The first-order valence-electron chi connectivity index (χ1n) is 11.0. The number of hydrogen-bond acceptors (Lipinski definition) is 3. The minimum absolute atomic E-state index is 0.000112. The summed E-state index contributed by atoms with van der Waals surface area (Å²) in [6.45, 7) is 3.14. The summed E-state index contributed by atoms with van der Waals surface area (Å²) in [5.41, 5.74) is 1.64. The predicted octanol–water partition coefficient (Wildman–Crippen LogP) is 2.55. The van der Waals surface area contributed by atoms with Crippen LogP contribution in [0.15, 0.2) is 24.3 Å². The molecule has 2 fully saturated rings. The number of aryl methyl sites for hydroxylation is 1. The Balaban J connectivity index is 1.55. The highest BCUT2D eigenvalue weighted by Crippen LogP contribution is 2.23. The van der Waals surface area contributed by atoms with Gasteiger partial charge in [0, 0.05) is 50.7 Å². The van der Waals surface area contributed by atoms with Gasteiger partial charge in [0.05, 0.1) is 0 Å². The maximum atomic E-state index is 12.9. The summed E-state index contributed by atoms with van der Waals surface area (Å²) in [5.74, 6) is -0.102. The van der Waals surface area contributed by atoms with Crippen molar-refractivity contribution in [3.63, 3.8) is 0 Å². The number of amides is 4. The van der Waals surface area contributed by atoms with Crippen LogP contribution in [0, 0.1) is 12.8 Å². The molecule has 0 aromatic heterocycles. The van der Waals surface area contributed by atoms with Crippen LogP contribution >= 0.6 is 0 Å². The highest BCUT2D eigenvalue weighted by molar-refractivity contribution is 5.95. The number of nitrogens with zero attached hydrogens (tertiary/aromatic N) is 2. The Morgan fingerprint density at radius 1 is 0.933 bits per heavy atom. The van der Waals surface area contributed by atoms with Gasteiger partial charge >= 0.3 is 6.03 Å². The van der Waals surface area contributed by atoms with Crippen molar-refractivity contribution in [1.82, 2.24) is 20.4 Å². The molecule has 1 heterocycles. The van der Waals surface area contributed by atoms with Crippen LogP contribution < -0.4 is 10.6 Å². The van der Waals surface area contributed by atoms with Gasteiger partial charge in [-0.2, -0.15) is 0 Å². The maximum Gasteiger partial charge on any atom is 0.319 e. The summed E-state index contributed by atoms with van der Waals surface area (Å²) in [6, 6.07) is 7.47. The summed E-state index contributed by atoms with van der Waals surface area (Å²) in [7, 11) is 3.49.